The van der Waals surface area contributed by atoms with Crippen molar-refractivity contribution in [2.75, 3.05) is 7.11 Å². The molecular formula is C27H20ClN5O2. The fraction of sp³-hybridized carbons (Fsp3) is 0.111. The van der Waals surface area contributed by atoms with Gasteiger partial charge in [0.25, 0.3) is 5.56 Å². The van der Waals surface area contributed by atoms with Crippen molar-refractivity contribution in [3.63, 3.8) is 0 Å². The van der Waals surface area contributed by atoms with Crippen LogP contribution in [0.1, 0.15) is 11.4 Å². The van der Waals surface area contributed by atoms with Crippen molar-refractivity contribution in [3.05, 3.63) is 99.6 Å². The smallest absolute Gasteiger partial charge is 0.265 e. The number of methoxy groups -OCH3 is 1. The van der Waals surface area contributed by atoms with E-state index in [0.717, 1.165) is 22.5 Å². The van der Waals surface area contributed by atoms with E-state index in [1.807, 2.05) is 84.3 Å². The van der Waals surface area contributed by atoms with Crippen LogP contribution in [0, 0.1) is 6.92 Å². The number of fused-ring (bicyclic) bond motifs is 4. The van der Waals surface area contributed by atoms with E-state index in [9.17, 15) is 4.79 Å². The summed E-state index contributed by atoms with van der Waals surface area (Å²) in [5, 5.41) is 1.03. The Balaban J connectivity index is 1.70. The van der Waals surface area contributed by atoms with E-state index in [1.165, 1.54) is 0 Å². The maximum absolute atomic E-state index is 13.9. The summed E-state index contributed by atoms with van der Waals surface area (Å²) >= 11 is 6.39. The van der Waals surface area contributed by atoms with Gasteiger partial charge < -0.3 is 4.74 Å². The maximum atomic E-state index is 13.9. The Hall–Kier alpha value is -4.23. The zero-order valence-electron chi connectivity index (χ0n) is 19.1. The molecule has 0 aliphatic carbocycles. The largest absolute Gasteiger partial charge is 0.497 e. The number of hydrogen-bond donors (Lipinski definition) is 0. The van der Waals surface area contributed by atoms with Gasteiger partial charge in [0.15, 0.2) is 11.3 Å². The second-order valence-electron chi connectivity index (χ2n) is 8.26. The normalized spacial score (nSPS) is 11.5. The highest BCUT2D eigenvalue weighted by Gasteiger charge is 2.22. The third kappa shape index (κ3) is 3.43. The average Bonchev–Trinajstić information content (AvgIpc) is 3.19. The maximum Gasteiger partial charge on any atom is 0.265 e. The van der Waals surface area contributed by atoms with Gasteiger partial charge in [-0.25, -0.2) is 15.0 Å². The number of nitrogens with zero attached hydrogens (tertiary/aromatic N) is 5. The highest BCUT2D eigenvalue weighted by molar-refractivity contribution is 6.31. The Morgan fingerprint density at radius 3 is 2.26 bits per heavy atom. The molecule has 0 atom stereocenters. The zero-order valence-corrected chi connectivity index (χ0v) is 19.8. The first-order valence-electron chi connectivity index (χ1n) is 11.1. The molecule has 3 aromatic carbocycles. The molecule has 3 heterocycles. The molecule has 0 unspecified atom stereocenters. The fourth-order valence-corrected chi connectivity index (χ4v) is 4.59. The molecule has 0 saturated carbocycles. The highest BCUT2D eigenvalue weighted by atomic mass is 35.5. The lowest BCUT2D eigenvalue weighted by Gasteiger charge is -2.12. The van der Waals surface area contributed by atoms with Gasteiger partial charge in [0.05, 0.1) is 24.7 Å². The predicted molar refractivity (Wildman–Crippen MR) is 138 cm³/mol. The molecule has 0 aliphatic rings. The lowest BCUT2D eigenvalue weighted by atomic mass is 10.2. The van der Waals surface area contributed by atoms with Crippen LogP contribution in [0.25, 0.3) is 38.9 Å². The van der Waals surface area contributed by atoms with Gasteiger partial charge in [-0.15, -0.1) is 0 Å². The topological polar surface area (TPSA) is 74.8 Å². The van der Waals surface area contributed by atoms with Gasteiger partial charge >= 0.3 is 0 Å². The van der Waals surface area contributed by atoms with Crippen molar-refractivity contribution in [3.8, 4) is 11.4 Å². The van der Waals surface area contributed by atoms with E-state index in [2.05, 4.69) is 0 Å². The third-order valence-corrected chi connectivity index (χ3v) is 6.54. The zero-order chi connectivity index (χ0) is 24.1. The lowest BCUT2D eigenvalue weighted by molar-refractivity contribution is 0.415. The first-order valence-corrected chi connectivity index (χ1v) is 11.5. The molecule has 35 heavy (non-hydrogen) atoms. The first kappa shape index (κ1) is 21.3. The minimum Gasteiger partial charge on any atom is -0.497 e. The second-order valence-corrected chi connectivity index (χ2v) is 8.67. The van der Waals surface area contributed by atoms with E-state index in [-0.39, 0.29) is 5.56 Å². The number of aromatic nitrogens is 5. The van der Waals surface area contributed by atoms with Crippen LogP contribution in [0.4, 0.5) is 0 Å². The molecule has 0 amide bonds. The molecule has 172 valence electrons. The van der Waals surface area contributed by atoms with E-state index in [0.29, 0.717) is 45.1 Å². The number of para-hydroxylation sites is 2. The second kappa shape index (κ2) is 8.21. The number of rotatable bonds is 4. The average molecular weight is 482 g/mol. The lowest BCUT2D eigenvalue weighted by Crippen LogP contribution is -2.24. The molecule has 0 fully saturated rings. The molecule has 0 radical (unpaired) electrons. The van der Waals surface area contributed by atoms with Gasteiger partial charge in [-0.05, 0) is 55.0 Å². The molecule has 0 spiro atoms. The summed E-state index contributed by atoms with van der Waals surface area (Å²) in [6.07, 6.45) is 0. The summed E-state index contributed by atoms with van der Waals surface area (Å²) in [5.41, 5.74) is 4.52. The van der Waals surface area contributed by atoms with Crippen molar-refractivity contribution in [1.82, 2.24) is 24.1 Å². The van der Waals surface area contributed by atoms with Crippen molar-refractivity contribution < 1.29 is 4.74 Å². The van der Waals surface area contributed by atoms with Crippen LogP contribution in [0.2, 0.25) is 5.02 Å². The molecule has 0 aliphatic heterocycles. The van der Waals surface area contributed by atoms with Gasteiger partial charge in [0.1, 0.15) is 22.5 Å². The van der Waals surface area contributed by atoms with Crippen LogP contribution in [0.5, 0.6) is 5.75 Å². The Morgan fingerprint density at radius 1 is 0.857 bits per heavy atom. The van der Waals surface area contributed by atoms with E-state index in [4.69, 9.17) is 31.3 Å². The SMILES string of the molecule is COc1ccc(-n2c3nc4ccccc4nc3c3c(=O)n(Cc4ccccc4Cl)c(C)nc32)cc1. The van der Waals surface area contributed by atoms with Crippen molar-refractivity contribution in [2.24, 2.45) is 0 Å². The summed E-state index contributed by atoms with van der Waals surface area (Å²) in [6.45, 7) is 2.13. The van der Waals surface area contributed by atoms with Gasteiger partial charge in [-0.1, -0.05) is 41.9 Å². The summed E-state index contributed by atoms with van der Waals surface area (Å²) in [6, 6.07) is 22.7. The number of benzene rings is 3. The standard InChI is InChI=1S/C27H20ClN5O2/c1-16-29-25-23(27(34)32(16)15-17-7-3-4-8-20(17)28)24-26(31-22-10-6-5-9-21(22)30-24)33(25)18-11-13-19(35-2)14-12-18/h3-14H,15H2,1-2H3. The fourth-order valence-electron chi connectivity index (χ4n) is 4.39. The molecule has 3 aromatic heterocycles. The number of aryl methyl sites for hydroxylation is 1. The van der Waals surface area contributed by atoms with E-state index >= 15 is 0 Å². The minimum absolute atomic E-state index is 0.186. The predicted octanol–water partition coefficient (Wildman–Crippen LogP) is 5.30. The number of ether oxygens (including phenoxy) is 1. The van der Waals surface area contributed by atoms with Gasteiger partial charge in [-0.3, -0.25) is 13.9 Å². The van der Waals surface area contributed by atoms with Crippen LogP contribution in [-0.2, 0) is 6.54 Å². The van der Waals surface area contributed by atoms with Crippen molar-refractivity contribution in [2.45, 2.75) is 13.5 Å². The van der Waals surface area contributed by atoms with Gasteiger partial charge in [0, 0.05) is 10.7 Å². The van der Waals surface area contributed by atoms with E-state index < -0.39 is 0 Å². The molecule has 0 N–H and O–H groups in total. The van der Waals surface area contributed by atoms with Crippen LogP contribution in [-0.4, -0.2) is 31.2 Å². The van der Waals surface area contributed by atoms with Crippen molar-refractivity contribution >= 4 is 44.8 Å². The Labute approximate surface area is 205 Å². The van der Waals surface area contributed by atoms with Crippen LogP contribution < -0.4 is 10.3 Å². The molecule has 6 aromatic rings. The summed E-state index contributed by atoms with van der Waals surface area (Å²) in [4.78, 5) is 28.6. The first-order chi connectivity index (χ1) is 17.0. The number of halogens is 1. The molecular weight excluding hydrogens is 462 g/mol. The summed E-state index contributed by atoms with van der Waals surface area (Å²) in [7, 11) is 1.62. The Kier molecular flexibility index (Phi) is 5.00. The molecule has 6 rings (SSSR count). The van der Waals surface area contributed by atoms with E-state index in [1.54, 1.807) is 11.7 Å². The van der Waals surface area contributed by atoms with Crippen LogP contribution in [0.3, 0.4) is 0 Å². The quantitative estimate of drug-likeness (QED) is 0.341. The van der Waals surface area contributed by atoms with Crippen LogP contribution >= 0.6 is 11.6 Å². The highest BCUT2D eigenvalue weighted by Crippen LogP contribution is 2.29. The molecule has 0 bridgehead atoms. The number of hydrogen-bond acceptors (Lipinski definition) is 5. The molecule has 7 nitrogen and oxygen atoms in total. The van der Waals surface area contributed by atoms with Crippen LogP contribution in [0.15, 0.2) is 77.6 Å². The Bertz CT molecular complexity index is 1810. The molecule has 8 heteroatoms. The Morgan fingerprint density at radius 2 is 1.54 bits per heavy atom. The van der Waals surface area contributed by atoms with Gasteiger partial charge in [0.2, 0.25) is 0 Å². The molecule has 0 saturated heterocycles. The summed E-state index contributed by atoms with van der Waals surface area (Å²) in [5.74, 6) is 1.31. The minimum atomic E-state index is -0.186. The third-order valence-electron chi connectivity index (χ3n) is 6.17. The monoisotopic (exact) mass is 481 g/mol. The summed E-state index contributed by atoms with van der Waals surface area (Å²) < 4.78 is 8.85. The van der Waals surface area contributed by atoms with Gasteiger partial charge in [-0.2, -0.15) is 0 Å². The van der Waals surface area contributed by atoms with Crippen molar-refractivity contribution in [1.29, 1.82) is 0 Å².